The van der Waals surface area contributed by atoms with Gasteiger partial charge in [0, 0.05) is 31.0 Å². The van der Waals surface area contributed by atoms with Crippen LogP contribution in [0.4, 0.5) is 5.69 Å². The van der Waals surface area contributed by atoms with Gasteiger partial charge in [0.1, 0.15) is 0 Å². The van der Waals surface area contributed by atoms with Crippen LogP contribution in [0.15, 0.2) is 12.3 Å². The van der Waals surface area contributed by atoms with E-state index < -0.39 is 0 Å². The summed E-state index contributed by atoms with van der Waals surface area (Å²) in [6.45, 7) is 10.2. The van der Waals surface area contributed by atoms with Gasteiger partial charge in [-0.3, -0.25) is 9.78 Å². The summed E-state index contributed by atoms with van der Waals surface area (Å²) in [4.78, 5) is 19.2. The second-order valence-corrected chi connectivity index (χ2v) is 6.29. The molecule has 1 aliphatic heterocycles. The van der Waals surface area contributed by atoms with Crippen LogP contribution in [-0.2, 0) is 0 Å². The minimum absolute atomic E-state index is 0.111. The molecular formula is C17H27N3O. The summed E-state index contributed by atoms with van der Waals surface area (Å²) in [5, 5.41) is 3.36. The Balaban J connectivity index is 2.25. The molecule has 0 aromatic carbocycles. The summed E-state index contributed by atoms with van der Waals surface area (Å²) < 4.78 is 0. The lowest BCUT2D eigenvalue weighted by Gasteiger charge is -2.37. The van der Waals surface area contributed by atoms with Crippen molar-refractivity contribution in [2.75, 3.05) is 18.4 Å². The van der Waals surface area contributed by atoms with Crippen LogP contribution in [0.25, 0.3) is 0 Å². The van der Waals surface area contributed by atoms with Crippen molar-refractivity contribution in [1.29, 1.82) is 0 Å². The van der Waals surface area contributed by atoms with Gasteiger partial charge in [-0.1, -0.05) is 13.8 Å². The molecule has 1 aromatic rings. The summed E-state index contributed by atoms with van der Waals surface area (Å²) in [7, 11) is 0. The zero-order valence-electron chi connectivity index (χ0n) is 13.6. The van der Waals surface area contributed by atoms with Gasteiger partial charge in [-0.05, 0) is 45.1 Å². The predicted molar refractivity (Wildman–Crippen MR) is 86.7 cm³/mol. The number of carbonyl (C=O) groups excluding carboxylic acids is 1. The Kier molecular flexibility index (Phi) is 5.21. The van der Waals surface area contributed by atoms with Gasteiger partial charge in [-0.25, -0.2) is 0 Å². The van der Waals surface area contributed by atoms with Crippen LogP contribution in [0.3, 0.4) is 0 Å². The van der Waals surface area contributed by atoms with Crippen LogP contribution in [-0.4, -0.2) is 34.9 Å². The van der Waals surface area contributed by atoms with Crippen molar-refractivity contribution in [2.45, 2.75) is 53.0 Å². The highest BCUT2D eigenvalue weighted by Crippen LogP contribution is 2.25. The molecule has 1 aromatic heterocycles. The summed E-state index contributed by atoms with van der Waals surface area (Å²) in [5.41, 5.74) is 2.56. The molecule has 4 nitrogen and oxygen atoms in total. The molecule has 21 heavy (non-hydrogen) atoms. The molecule has 0 spiro atoms. The molecule has 1 aliphatic rings. The first-order valence-corrected chi connectivity index (χ1v) is 8.04. The van der Waals surface area contributed by atoms with Crippen molar-refractivity contribution in [1.82, 2.24) is 9.88 Å². The summed E-state index contributed by atoms with van der Waals surface area (Å²) >= 11 is 0. The normalized spacial score (nSPS) is 22.2. The van der Waals surface area contributed by atoms with E-state index >= 15 is 0 Å². The minimum Gasteiger partial charge on any atom is -0.384 e. The predicted octanol–water partition coefficient (Wildman–Crippen LogP) is 3.47. The van der Waals surface area contributed by atoms with Crippen molar-refractivity contribution >= 4 is 11.6 Å². The fraction of sp³-hybridized carbons (Fsp3) is 0.647. The highest BCUT2D eigenvalue weighted by Gasteiger charge is 2.29. The molecule has 0 bridgehead atoms. The van der Waals surface area contributed by atoms with Crippen molar-refractivity contribution in [2.24, 2.45) is 5.92 Å². The van der Waals surface area contributed by atoms with E-state index in [1.165, 1.54) is 6.42 Å². The molecule has 4 heteroatoms. The highest BCUT2D eigenvalue weighted by atomic mass is 16.2. The number of hydrogen-bond donors (Lipinski definition) is 1. The van der Waals surface area contributed by atoms with E-state index in [1.54, 1.807) is 6.20 Å². The first kappa shape index (κ1) is 15.8. The Morgan fingerprint density at radius 2 is 2.19 bits per heavy atom. The van der Waals surface area contributed by atoms with Crippen LogP contribution >= 0.6 is 0 Å². The van der Waals surface area contributed by atoms with Gasteiger partial charge in [0.05, 0.1) is 11.3 Å². The zero-order chi connectivity index (χ0) is 15.4. The molecule has 116 valence electrons. The van der Waals surface area contributed by atoms with E-state index in [1.807, 2.05) is 17.9 Å². The van der Waals surface area contributed by atoms with E-state index in [0.717, 1.165) is 37.3 Å². The number of hydrogen-bond acceptors (Lipinski definition) is 3. The fourth-order valence-corrected chi connectivity index (χ4v) is 2.86. The molecular weight excluding hydrogens is 262 g/mol. The van der Waals surface area contributed by atoms with Crippen molar-refractivity contribution in [3.8, 4) is 0 Å². The maximum Gasteiger partial charge on any atom is 0.257 e. The summed E-state index contributed by atoms with van der Waals surface area (Å²) in [5.74, 6) is 0.691. The average Bonchev–Trinajstić information content (AvgIpc) is 2.47. The number of aryl methyl sites for hydroxylation is 1. The van der Waals surface area contributed by atoms with Crippen molar-refractivity contribution in [3.63, 3.8) is 0 Å². The maximum absolute atomic E-state index is 12.9. The third-order valence-corrected chi connectivity index (χ3v) is 4.22. The number of carbonyl (C=O) groups is 1. The van der Waals surface area contributed by atoms with Gasteiger partial charge in [-0.15, -0.1) is 0 Å². The van der Waals surface area contributed by atoms with Gasteiger partial charge in [0.15, 0.2) is 0 Å². The first-order valence-electron chi connectivity index (χ1n) is 8.04. The third kappa shape index (κ3) is 3.74. The Morgan fingerprint density at radius 3 is 2.90 bits per heavy atom. The van der Waals surface area contributed by atoms with Crippen molar-refractivity contribution < 1.29 is 4.79 Å². The van der Waals surface area contributed by atoms with Gasteiger partial charge in [-0.2, -0.15) is 0 Å². The number of piperidine rings is 1. The highest BCUT2D eigenvalue weighted by molar-refractivity contribution is 5.99. The molecule has 0 radical (unpaired) electrons. The molecule has 1 saturated heterocycles. The minimum atomic E-state index is 0.111. The smallest absolute Gasteiger partial charge is 0.257 e. The van der Waals surface area contributed by atoms with E-state index in [0.29, 0.717) is 17.5 Å². The second kappa shape index (κ2) is 6.92. The van der Waals surface area contributed by atoms with Gasteiger partial charge >= 0.3 is 0 Å². The van der Waals surface area contributed by atoms with Crippen LogP contribution in [0, 0.1) is 12.8 Å². The largest absolute Gasteiger partial charge is 0.384 e. The van der Waals surface area contributed by atoms with E-state index in [2.05, 4.69) is 31.1 Å². The molecule has 2 unspecified atom stereocenters. The lowest BCUT2D eigenvalue weighted by atomic mass is 9.94. The zero-order valence-corrected chi connectivity index (χ0v) is 13.6. The molecule has 1 N–H and O–H groups in total. The standard InChI is InChI=1S/C17H27N3O/c1-5-8-18-16-9-13(3)19-10-15(16)17(21)20-11-12(2)6-7-14(20)4/h9-10,12,14H,5-8,11H2,1-4H3,(H,18,19). The van der Waals surface area contributed by atoms with E-state index in [-0.39, 0.29) is 5.91 Å². The third-order valence-electron chi connectivity index (χ3n) is 4.22. The number of nitrogens with zero attached hydrogens (tertiary/aromatic N) is 2. The Morgan fingerprint density at radius 1 is 1.43 bits per heavy atom. The molecule has 2 rings (SSSR count). The monoisotopic (exact) mass is 289 g/mol. The number of pyridine rings is 1. The quantitative estimate of drug-likeness (QED) is 0.923. The van der Waals surface area contributed by atoms with Gasteiger partial charge < -0.3 is 10.2 Å². The SMILES string of the molecule is CCCNc1cc(C)ncc1C(=O)N1CC(C)CCC1C. The molecule has 1 fully saturated rings. The summed E-state index contributed by atoms with van der Waals surface area (Å²) in [6.07, 6.45) is 5.05. The number of amides is 1. The molecule has 2 atom stereocenters. The molecule has 0 saturated carbocycles. The Hall–Kier alpha value is -1.58. The number of aromatic nitrogens is 1. The molecule has 1 amide bonds. The van der Waals surface area contributed by atoms with Crippen LogP contribution in [0.2, 0.25) is 0 Å². The maximum atomic E-state index is 12.9. The first-order chi connectivity index (χ1) is 10.0. The Bertz CT molecular complexity index is 501. The van der Waals surface area contributed by atoms with E-state index in [9.17, 15) is 4.79 Å². The number of anilines is 1. The fourth-order valence-electron chi connectivity index (χ4n) is 2.86. The number of likely N-dealkylation sites (tertiary alicyclic amines) is 1. The lowest BCUT2D eigenvalue weighted by molar-refractivity contribution is 0.0574. The number of nitrogens with one attached hydrogen (secondary N) is 1. The lowest BCUT2D eigenvalue weighted by Crippen LogP contribution is -2.45. The summed E-state index contributed by atoms with van der Waals surface area (Å²) in [6, 6.07) is 2.29. The molecule has 2 heterocycles. The van der Waals surface area contributed by atoms with Crippen LogP contribution < -0.4 is 5.32 Å². The molecule has 0 aliphatic carbocycles. The van der Waals surface area contributed by atoms with Crippen LogP contribution in [0.5, 0.6) is 0 Å². The van der Waals surface area contributed by atoms with Crippen LogP contribution in [0.1, 0.15) is 56.1 Å². The second-order valence-electron chi connectivity index (χ2n) is 6.29. The number of rotatable bonds is 4. The topological polar surface area (TPSA) is 45.2 Å². The van der Waals surface area contributed by atoms with E-state index in [4.69, 9.17) is 0 Å². The van der Waals surface area contributed by atoms with Gasteiger partial charge in [0.25, 0.3) is 5.91 Å². The average molecular weight is 289 g/mol. The Labute approximate surface area is 127 Å². The van der Waals surface area contributed by atoms with Gasteiger partial charge in [0.2, 0.25) is 0 Å². The van der Waals surface area contributed by atoms with Crippen molar-refractivity contribution in [3.05, 3.63) is 23.5 Å².